The Morgan fingerprint density at radius 2 is 2.19 bits per heavy atom. The molecule has 1 rings (SSSR count). The van der Waals surface area contributed by atoms with Crippen LogP contribution in [0.15, 0.2) is 0 Å². The molecule has 0 aliphatic rings. The summed E-state index contributed by atoms with van der Waals surface area (Å²) in [6.45, 7) is 1.18. The molecule has 0 saturated carbocycles. The number of rotatable bonds is 5. The molecule has 16 heavy (non-hydrogen) atoms. The van der Waals surface area contributed by atoms with Crippen molar-refractivity contribution >= 4 is 5.82 Å². The second-order valence-electron chi connectivity index (χ2n) is 3.34. The Morgan fingerprint density at radius 3 is 2.69 bits per heavy atom. The van der Waals surface area contributed by atoms with Gasteiger partial charge in [-0.2, -0.15) is 0 Å². The van der Waals surface area contributed by atoms with Crippen molar-refractivity contribution in [2.24, 2.45) is 0 Å². The fourth-order valence-electron chi connectivity index (χ4n) is 1.31. The third-order valence-corrected chi connectivity index (χ3v) is 2.08. The zero-order valence-electron chi connectivity index (χ0n) is 8.62. The first-order valence-electron chi connectivity index (χ1n) is 4.65. The van der Waals surface area contributed by atoms with E-state index in [0.717, 1.165) is 0 Å². The van der Waals surface area contributed by atoms with Crippen LogP contribution in [0.1, 0.15) is 24.0 Å². The van der Waals surface area contributed by atoms with E-state index < -0.39 is 22.9 Å². The highest BCUT2D eigenvalue weighted by atomic mass is 16.6. The van der Waals surface area contributed by atoms with E-state index in [-0.39, 0.29) is 24.5 Å². The lowest BCUT2D eigenvalue weighted by molar-refractivity contribution is -0.390. The van der Waals surface area contributed by atoms with Crippen LogP contribution >= 0.6 is 0 Å². The Morgan fingerprint density at radius 1 is 1.56 bits per heavy atom. The monoisotopic (exact) mass is 231 g/mol. The van der Waals surface area contributed by atoms with Crippen molar-refractivity contribution in [3.05, 3.63) is 21.6 Å². The quantitative estimate of drug-likeness (QED) is 0.395. The van der Waals surface area contributed by atoms with E-state index in [9.17, 15) is 20.3 Å². The molecule has 0 aliphatic heterocycles. The van der Waals surface area contributed by atoms with Gasteiger partial charge in [-0.05, 0) is 11.3 Å². The maximum absolute atomic E-state index is 10.6. The van der Waals surface area contributed by atoms with Gasteiger partial charge in [0.05, 0.1) is 6.10 Å². The summed E-state index contributed by atoms with van der Waals surface area (Å²) in [5, 5.41) is 38.2. The number of aliphatic hydroxyl groups is 3. The number of aromatic nitrogens is 2. The molecule has 0 amide bonds. The van der Waals surface area contributed by atoms with Crippen molar-refractivity contribution < 1.29 is 20.2 Å². The number of H-pyrrole nitrogens is 1. The third-order valence-electron chi connectivity index (χ3n) is 2.08. The van der Waals surface area contributed by atoms with Crippen molar-refractivity contribution in [2.75, 3.05) is 6.61 Å². The second-order valence-corrected chi connectivity index (χ2v) is 3.34. The fraction of sp³-hybridized carbons (Fsp3) is 0.625. The molecule has 8 nitrogen and oxygen atoms in total. The molecule has 0 aliphatic carbocycles. The number of imidazole rings is 1. The highest BCUT2D eigenvalue weighted by Crippen LogP contribution is 2.25. The molecule has 0 spiro atoms. The summed E-state index contributed by atoms with van der Waals surface area (Å²) in [6.07, 6.45) is -2.85. The van der Waals surface area contributed by atoms with Gasteiger partial charge in [-0.25, -0.2) is 9.97 Å². The lowest BCUT2D eigenvalue weighted by Crippen LogP contribution is -2.20. The minimum Gasteiger partial charge on any atom is -0.396 e. The topological polar surface area (TPSA) is 133 Å². The maximum Gasteiger partial charge on any atom is 0.346 e. The Balaban J connectivity index is 2.98. The summed E-state index contributed by atoms with van der Waals surface area (Å²) >= 11 is 0. The molecule has 4 N–H and O–H groups in total. The Kier molecular flexibility index (Phi) is 3.93. The fourth-order valence-corrected chi connectivity index (χ4v) is 1.31. The number of aryl methyl sites for hydroxylation is 1. The smallest absolute Gasteiger partial charge is 0.346 e. The first kappa shape index (κ1) is 12.6. The standard InChI is InChI=1S/C8H13N3O5/c1-4-9-6(8(10-4)11(15)16)7(14)5(13)2-3-12/h5,7,12-14H,2-3H2,1H3,(H,9,10). The van der Waals surface area contributed by atoms with Crippen LogP contribution in [0.2, 0.25) is 0 Å². The number of nitro groups is 1. The predicted molar refractivity (Wildman–Crippen MR) is 52.6 cm³/mol. The SMILES string of the molecule is Cc1nc(C(O)C(O)CCO)c([N+](=O)[O-])[nH]1. The van der Waals surface area contributed by atoms with Gasteiger partial charge in [-0.1, -0.05) is 0 Å². The van der Waals surface area contributed by atoms with Gasteiger partial charge in [0, 0.05) is 13.5 Å². The Hall–Kier alpha value is -1.51. The van der Waals surface area contributed by atoms with Gasteiger partial charge in [0.15, 0.2) is 11.5 Å². The molecule has 2 unspecified atom stereocenters. The summed E-state index contributed by atoms with van der Waals surface area (Å²) in [7, 11) is 0. The van der Waals surface area contributed by atoms with Gasteiger partial charge < -0.3 is 25.4 Å². The molecule has 0 aromatic carbocycles. The largest absolute Gasteiger partial charge is 0.396 e. The highest BCUT2D eigenvalue weighted by molar-refractivity contribution is 5.30. The van der Waals surface area contributed by atoms with Crippen LogP contribution in [0, 0.1) is 17.0 Å². The van der Waals surface area contributed by atoms with E-state index in [4.69, 9.17) is 5.11 Å². The Bertz CT molecular complexity index is 378. The third kappa shape index (κ3) is 2.54. The van der Waals surface area contributed by atoms with Crippen LogP contribution < -0.4 is 0 Å². The van der Waals surface area contributed by atoms with Crippen molar-refractivity contribution in [2.45, 2.75) is 25.6 Å². The van der Waals surface area contributed by atoms with Gasteiger partial charge >= 0.3 is 5.82 Å². The van der Waals surface area contributed by atoms with Crippen LogP contribution in [0.4, 0.5) is 5.82 Å². The molecule has 8 heteroatoms. The average Bonchev–Trinajstić information content (AvgIpc) is 2.59. The molecule has 0 saturated heterocycles. The lowest BCUT2D eigenvalue weighted by Gasteiger charge is -2.14. The van der Waals surface area contributed by atoms with Gasteiger partial charge in [0.2, 0.25) is 0 Å². The first-order valence-corrected chi connectivity index (χ1v) is 4.65. The summed E-state index contributed by atoms with van der Waals surface area (Å²) in [5.41, 5.74) is -0.219. The zero-order chi connectivity index (χ0) is 12.3. The molecule has 1 heterocycles. The van der Waals surface area contributed by atoms with Crippen LogP contribution in [-0.4, -0.2) is 42.9 Å². The normalized spacial score (nSPS) is 14.8. The van der Waals surface area contributed by atoms with Gasteiger partial charge in [0.25, 0.3) is 0 Å². The molecule has 1 aromatic heterocycles. The van der Waals surface area contributed by atoms with Crippen molar-refractivity contribution in [3.63, 3.8) is 0 Å². The highest BCUT2D eigenvalue weighted by Gasteiger charge is 2.29. The van der Waals surface area contributed by atoms with Gasteiger partial charge in [0.1, 0.15) is 6.10 Å². The van der Waals surface area contributed by atoms with E-state index >= 15 is 0 Å². The van der Waals surface area contributed by atoms with E-state index in [1.807, 2.05) is 0 Å². The molecule has 90 valence electrons. The maximum atomic E-state index is 10.6. The number of aliphatic hydroxyl groups excluding tert-OH is 3. The number of nitrogens with zero attached hydrogens (tertiary/aromatic N) is 2. The predicted octanol–water partition coefficient (Wildman–Crippen LogP) is -0.597. The van der Waals surface area contributed by atoms with Gasteiger partial charge in [-0.15, -0.1) is 0 Å². The first-order chi connectivity index (χ1) is 7.47. The van der Waals surface area contributed by atoms with E-state index in [2.05, 4.69) is 9.97 Å². The molecule has 2 atom stereocenters. The van der Waals surface area contributed by atoms with E-state index in [1.165, 1.54) is 6.92 Å². The van der Waals surface area contributed by atoms with Crippen molar-refractivity contribution in [3.8, 4) is 0 Å². The summed E-state index contributed by atoms with van der Waals surface area (Å²) < 4.78 is 0. The lowest BCUT2D eigenvalue weighted by atomic mass is 10.1. The molecular formula is C8H13N3O5. The Labute approximate surface area is 90.7 Å². The van der Waals surface area contributed by atoms with Crippen LogP contribution in [0.5, 0.6) is 0 Å². The summed E-state index contributed by atoms with van der Waals surface area (Å²) in [5.74, 6) is -0.168. The minimum absolute atomic E-state index is 0.0791. The van der Waals surface area contributed by atoms with Crippen molar-refractivity contribution in [1.29, 1.82) is 0 Å². The molecule has 0 bridgehead atoms. The van der Waals surface area contributed by atoms with E-state index in [0.29, 0.717) is 0 Å². The summed E-state index contributed by atoms with van der Waals surface area (Å²) in [4.78, 5) is 16.0. The van der Waals surface area contributed by atoms with Crippen LogP contribution in [-0.2, 0) is 0 Å². The zero-order valence-corrected chi connectivity index (χ0v) is 8.62. The van der Waals surface area contributed by atoms with Crippen LogP contribution in [0.3, 0.4) is 0 Å². The molecule has 0 fully saturated rings. The summed E-state index contributed by atoms with van der Waals surface area (Å²) in [6, 6.07) is 0. The minimum atomic E-state index is -1.49. The van der Waals surface area contributed by atoms with Crippen molar-refractivity contribution in [1.82, 2.24) is 9.97 Å². The molecule has 1 aromatic rings. The molecule has 0 radical (unpaired) electrons. The number of hydrogen-bond donors (Lipinski definition) is 4. The second kappa shape index (κ2) is 5.01. The molecular weight excluding hydrogens is 218 g/mol. The number of nitrogens with one attached hydrogen (secondary N) is 1. The van der Waals surface area contributed by atoms with E-state index in [1.54, 1.807) is 0 Å². The number of hydrogen-bond acceptors (Lipinski definition) is 6. The van der Waals surface area contributed by atoms with Crippen LogP contribution in [0.25, 0.3) is 0 Å². The number of aromatic amines is 1. The average molecular weight is 231 g/mol. The van der Waals surface area contributed by atoms with Gasteiger partial charge in [-0.3, -0.25) is 0 Å².